The fraction of sp³-hybridized carbons (Fsp3) is 0.296. The van der Waals surface area contributed by atoms with Gasteiger partial charge >= 0.3 is 0 Å². The number of aromatic nitrogens is 3. The normalized spacial score (nSPS) is 13.7. The van der Waals surface area contributed by atoms with Crippen LogP contribution in [0.4, 0.5) is 5.82 Å². The van der Waals surface area contributed by atoms with Crippen molar-refractivity contribution in [2.75, 3.05) is 24.6 Å². The van der Waals surface area contributed by atoms with E-state index in [-0.39, 0.29) is 5.56 Å². The van der Waals surface area contributed by atoms with Crippen molar-refractivity contribution in [2.24, 2.45) is 0 Å². The van der Waals surface area contributed by atoms with Gasteiger partial charge in [0.25, 0.3) is 5.56 Å². The molecule has 2 aromatic carbocycles. The van der Waals surface area contributed by atoms with Gasteiger partial charge in [-0.25, -0.2) is 4.98 Å². The highest BCUT2D eigenvalue weighted by Crippen LogP contribution is 2.32. The highest BCUT2D eigenvalue weighted by Gasteiger charge is 2.26. The minimum absolute atomic E-state index is 0.155. The van der Waals surface area contributed by atoms with E-state index in [1.807, 2.05) is 65.2 Å². The van der Waals surface area contributed by atoms with E-state index in [1.165, 1.54) is 12.7 Å². The molecule has 0 unspecified atom stereocenters. The van der Waals surface area contributed by atoms with Crippen LogP contribution in [0, 0.1) is 11.3 Å². The molecule has 7 nitrogen and oxygen atoms in total. The molecule has 172 valence electrons. The summed E-state index contributed by atoms with van der Waals surface area (Å²) in [6, 6.07) is 21.9. The Labute approximate surface area is 198 Å². The van der Waals surface area contributed by atoms with Crippen molar-refractivity contribution < 1.29 is 4.74 Å². The Kier molecular flexibility index (Phi) is 6.30. The number of fused-ring (bicyclic) bond motifs is 1. The van der Waals surface area contributed by atoms with Gasteiger partial charge in [-0.2, -0.15) is 5.26 Å². The third kappa shape index (κ3) is 4.27. The van der Waals surface area contributed by atoms with Crippen molar-refractivity contribution >= 4 is 16.9 Å². The molecule has 5 rings (SSSR count). The number of nitrogens with zero attached hydrogens (tertiary/aromatic N) is 5. The van der Waals surface area contributed by atoms with E-state index >= 15 is 0 Å². The average molecular weight is 454 g/mol. The van der Waals surface area contributed by atoms with E-state index in [1.54, 1.807) is 4.57 Å². The molecule has 3 heterocycles. The van der Waals surface area contributed by atoms with Gasteiger partial charge in [0.1, 0.15) is 40.8 Å². The summed E-state index contributed by atoms with van der Waals surface area (Å²) in [6.45, 7) is 2.97. The van der Waals surface area contributed by atoms with E-state index < -0.39 is 0 Å². The number of benzene rings is 2. The Morgan fingerprint density at radius 1 is 0.971 bits per heavy atom. The molecule has 2 aromatic heterocycles. The summed E-state index contributed by atoms with van der Waals surface area (Å²) in [5, 5.41) is 10.1. The van der Waals surface area contributed by atoms with Gasteiger partial charge in [0.05, 0.1) is 12.9 Å². The highest BCUT2D eigenvalue weighted by atomic mass is 16.5. The van der Waals surface area contributed by atoms with E-state index in [0.717, 1.165) is 43.1 Å². The molecule has 0 N–H and O–H groups in total. The van der Waals surface area contributed by atoms with Crippen LogP contribution >= 0.6 is 0 Å². The smallest absolute Gasteiger partial charge is 0.278 e. The quantitative estimate of drug-likeness (QED) is 0.419. The molecule has 34 heavy (non-hydrogen) atoms. The zero-order valence-corrected chi connectivity index (χ0v) is 19.1. The second kappa shape index (κ2) is 9.84. The summed E-state index contributed by atoms with van der Waals surface area (Å²) < 4.78 is 9.37. The second-order valence-corrected chi connectivity index (χ2v) is 8.53. The zero-order chi connectivity index (χ0) is 23.3. The van der Waals surface area contributed by atoms with Crippen molar-refractivity contribution in [2.45, 2.75) is 32.4 Å². The van der Waals surface area contributed by atoms with E-state index in [0.29, 0.717) is 36.3 Å². The Morgan fingerprint density at radius 2 is 1.68 bits per heavy atom. The lowest BCUT2D eigenvalue weighted by Crippen LogP contribution is -2.32. The van der Waals surface area contributed by atoms with Crippen LogP contribution in [0.25, 0.3) is 11.0 Å². The van der Waals surface area contributed by atoms with Gasteiger partial charge in [-0.1, -0.05) is 48.5 Å². The van der Waals surface area contributed by atoms with Crippen molar-refractivity contribution in [1.82, 2.24) is 14.1 Å². The minimum Gasteiger partial charge on any atom is -0.492 e. The first-order chi connectivity index (χ1) is 16.8. The van der Waals surface area contributed by atoms with Crippen molar-refractivity contribution in [3.63, 3.8) is 0 Å². The summed E-state index contributed by atoms with van der Waals surface area (Å²) in [4.78, 5) is 20.5. The van der Waals surface area contributed by atoms with Crippen LogP contribution in [0.3, 0.4) is 0 Å². The standard InChI is InChI=1S/C27H27N5O2/c28-18-23-24-25(27(33)31(20-29-24)16-17-34-22-12-6-2-7-13-22)32(19-21-10-4-1-5-11-21)26(23)30-14-8-3-9-15-30/h1-2,4-7,10-13,20H,3,8-9,14-17,19H2. The number of hydrogen-bond donors (Lipinski definition) is 0. The molecular formula is C27H27N5O2. The Hall–Kier alpha value is -4.05. The Bertz CT molecular complexity index is 1360. The molecule has 0 bridgehead atoms. The summed E-state index contributed by atoms with van der Waals surface area (Å²) in [7, 11) is 0. The van der Waals surface area contributed by atoms with Gasteiger partial charge in [0, 0.05) is 19.6 Å². The zero-order valence-electron chi connectivity index (χ0n) is 19.1. The van der Waals surface area contributed by atoms with Gasteiger partial charge in [0.2, 0.25) is 0 Å². The van der Waals surface area contributed by atoms with E-state index in [2.05, 4.69) is 16.0 Å². The topological polar surface area (TPSA) is 76.1 Å². The SMILES string of the molecule is N#Cc1c(N2CCCCC2)n(Cc2ccccc2)c2c(=O)n(CCOc3ccccc3)cnc12. The number of hydrogen-bond acceptors (Lipinski definition) is 5. The lowest BCUT2D eigenvalue weighted by Gasteiger charge is -2.30. The van der Waals surface area contributed by atoms with E-state index in [4.69, 9.17) is 4.74 Å². The third-order valence-electron chi connectivity index (χ3n) is 6.29. The highest BCUT2D eigenvalue weighted by molar-refractivity contribution is 5.89. The maximum absolute atomic E-state index is 13.7. The van der Waals surface area contributed by atoms with Crippen molar-refractivity contribution in [3.05, 3.63) is 88.5 Å². The maximum Gasteiger partial charge on any atom is 0.278 e. The lowest BCUT2D eigenvalue weighted by atomic mass is 10.1. The Morgan fingerprint density at radius 3 is 2.38 bits per heavy atom. The molecule has 0 saturated carbocycles. The lowest BCUT2D eigenvalue weighted by molar-refractivity contribution is 0.296. The molecule has 0 spiro atoms. The molecule has 0 amide bonds. The average Bonchev–Trinajstić information content (AvgIpc) is 3.21. The van der Waals surface area contributed by atoms with Gasteiger partial charge in [-0.05, 0) is 37.0 Å². The Balaban J connectivity index is 1.57. The van der Waals surface area contributed by atoms with Crippen LogP contribution in [-0.2, 0) is 13.1 Å². The molecule has 1 aliphatic heterocycles. The number of rotatable bonds is 7. The summed E-state index contributed by atoms with van der Waals surface area (Å²) >= 11 is 0. The predicted octanol–water partition coefficient (Wildman–Crippen LogP) is 4.19. The minimum atomic E-state index is -0.155. The first-order valence-electron chi connectivity index (χ1n) is 11.7. The number of ether oxygens (including phenoxy) is 1. The predicted molar refractivity (Wildman–Crippen MR) is 132 cm³/mol. The number of para-hydroxylation sites is 1. The summed E-state index contributed by atoms with van der Waals surface area (Å²) in [5.74, 6) is 1.57. The number of nitriles is 1. The van der Waals surface area contributed by atoms with Crippen LogP contribution in [-0.4, -0.2) is 33.8 Å². The summed E-state index contributed by atoms with van der Waals surface area (Å²) in [6.07, 6.45) is 4.87. The van der Waals surface area contributed by atoms with Crippen LogP contribution < -0.4 is 15.2 Å². The van der Waals surface area contributed by atoms with Gasteiger partial charge in [0.15, 0.2) is 0 Å². The van der Waals surface area contributed by atoms with Crippen LogP contribution in [0.1, 0.15) is 30.4 Å². The molecule has 1 saturated heterocycles. The molecule has 0 aliphatic carbocycles. The third-order valence-corrected chi connectivity index (χ3v) is 6.29. The van der Waals surface area contributed by atoms with Crippen molar-refractivity contribution in [3.8, 4) is 11.8 Å². The summed E-state index contributed by atoms with van der Waals surface area (Å²) in [5.41, 5.74) is 2.35. The van der Waals surface area contributed by atoms with Gasteiger partial charge in [-0.3, -0.25) is 9.36 Å². The molecule has 4 aromatic rings. The first-order valence-corrected chi connectivity index (χ1v) is 11.7. The van der Waals surface area contributed by atoms with Gasteiger partial charge in [-0.15, -0.1) is 0 Å². The molecule has 1 aliphatic rings. The second-order valence-electron chi connectivity index (χ2n) is 8.53. The van der Waals surface area contributed by atoms with Crippen LogP contribution in [0.2, 0.25) is 0 Å². The fourth-order valence-electron chi connectivity index (χ4n) is 4.65. The van der Waals surface area contributed by atoms with Crippen LogP contribution in [0.15, 0.2) is 71.8 Å². The monoisotopic (exact) mass is 453 g/mol. The van der Waals surface area contributed by atoms with Crippen LogP contribution in [0.5, 0.6) is 5.75 Å². The first kappa shape index (κ1) is 21.8. The fourth-order valence-corrected chi connectivity index (χ4v) is 4.65. The number of piperidine rings is 1. The molecule has 1 fully saturated rings. The molecular weight excluding hydrogens is 426 g/mol. The number of anilines is 1. The largest absolute Gasteiger partial charge is 0.492 e. The maximum atomic E-state index is 13.7. The van der Waals surface area contributed by atoms with Gasteiger partial charge < -0.3 is 14.2 Å². The van der Waals surface area contributed by atoms with Crippen molar-refractivity contribution in [1.29, 1.82) is 5.26 Å². The molecule has 7 heteroatoms. The molecule has 0 radical (unpaired) electrons. The molecule has 0 atom stereocenters. The van der Waals surface area contributed by atoms with E-state index in [9.17, 15) is 10.1 Å².